The Labute approximate surface area is 71.0 Å². The number of hydrogen-bond donors (Lipinski definition) is 2. The number of aromatic hydroxyl groups is 1. The first-order chi connectivity index (χ1) is 5.74. The Balaban J connectivity index is 2.82. The molecule has 0 atom stereocenters. The molecule has 2 N–H and O–H groups in total. The topological polar surface area (TPSA) is 52.8 Å². The Hall–Kier alpha value is -1.51. The second kappa shape index (κ2) is 3.76. The first kappa shape index (κ1) is 8.59. The molecule has 1 aromatic carbocycles. The normalized spacial score (nSPS) is 11.6. The zero-order chi connectivity index (χ0) is 8.97. The second-order valence-corrected chi connectivity index (χ2v) is 2.64. The fourth-order valence-electron chi connectivity index (χ4n) is 0.971. The average molecular weight is 165 g/mol. The standard InChI is InChI=1S/C9H11NO2/c1-7(10-12)6-8-4-2-3-5-9(8)11/h2-5,11-12H,6H2,1H3/b10-7-. The third kappa shape index (κ3) is 1.99. The first-order valence-electron chi connectivity index (χ1n) is 3.68. The van der Waals surface area contributed by atoms with Crippen LogP contribution in [0.15, 0.2) is 29.4 Å². The molecule has 1 rings (SSSR count). The van der Waals surface area contributed by atoms with Crippen molar-refractivity contribution < 1.29 is 10.3 Å². The molecule has 0 aliphatic carbocycles. The number of oxime groups is 1. The van der Waals surface area contributed by atoms with Gasteiger partial charge in [-0.1, -0.05) is 23.4 Å². The molecule has 0 bridgehead atoms. The maximum absolute atomic E-state index is 9.32. The van der Waals surface area contributed by atoms with Crippen LogP contribution in [0.3, 0.4) is 0 Å². The third-order valence-corrected chi connectivity index (χ3v) is 1.61. The van der Waals surface area contributed by atoms with Gasteiger partial charge in [-0.05, 0) is 18.6 Å². The molecule has 0 radical (unpaired) electrons. The number of rotatable bonds is 2. The minimum Gasteiger partial charge on any atom is -0.508 e. The van der Waals surface area contributed by atoms with Crippen LogP contribution < -0.4 is 0 Å². The van der Waals surface area contributed by atoms with Gasteiger partial charge in [0.15, 0.2) is 0 Å². The Kier molecular flexibility index (Phi) is 2.69. The lowest BCUT2D eigenvalue weighted by Crippen LogP contribution is -1.97. The maximum Gasteiger partial charge on any atom is 0.119 e. The molecule has 0 saturated heterocycles. The van der Waals surface area contributed by atoms with E-state index < -0.39 is 0 Å². The zero-order valence-electron chi connectivity index (χ0n) is 6.86. The van der Waals surface area contributed by atoms with Crippen molar-refractivity contribution in [2.45, 2.75) is 13.3 Å². The summed E-state index contributed by atoms with van der Waals surface area (Å²) in [5.74, 6) is 0.237. The van der Waals surface area contributed by atoms with Gasteiger partial charge in [0, 0.05) is 6.42 Å². The number of nitrogens with zero attached hydrogens (tertiary/aromatic N) is 1. The summed E-state index contributed by atoms with van der Waals surface area (Å²) in [6.45, 7) is 1.70. The molecular formula is C9H11NO2. The highest BCUT2D eigenvalue weighted by Gasteiger charge is 2.00. The summed E-state index contributed by atoms with van der Waals surface area (Å²) >= 11 is 0. The van der Waals surface area contributed by atoms with Gasteiger partial charge in [0.05, 0.1) is 5.71 Å². The van der Waals surface area contributed by atoms with Crippen molar-refractivity contribution in [3.8, 4) is 5.75 Å². The van der Waals surface area contributed by atoms with E-state index in [1.807, 2.05) is 6.07 Å². The summed E-state index contributed by atoms with van der Waals surface area (Å²) in [6.07, 6.45) is 0.475. The van der Waals surface area contributed by atoms with Crippen LogP contribution in [0.25, 0.3) is 0 Å². The van der Waals surface area contributed by atoms with Gasteiger partial charge in [-0.15, -0.1) is 0 Å². The molecule has 1 aromatic rings. The minimum absolute atomic E-state index is 0.237. The Morgan fingerprint density at radius 3 is 2.67 bits per heavy atom. The molecule has 0 amide bonds. The molecule has 12 heavy (non-hydrogen) atoms. The summed E-state index contributed by atoms with van der Waals surface area (Å²) in [6, 6.07) is 6.99. The highest BCUT2D eigenvalue weighted by molar-refractivity contribution is 5.84. The molecule has 0 fully saturated rings. The fraction of sp³-hybridized carbons (Fsp3) is 0.222. The molecule has 64 valence electrons. The lowest BCUT2D eigenvalue weighted by molar-refractivity contribution is 0.317. The van der Waals surface area contributed by atoms with Crippen molar-refractivity contribution in [2.75, 3.05) is 0 Å². The fourth-order valence-corrected chi connectivity index (χ4v) is 0.971. The van der Waals surface area contributed by atoms with Gasteiger partial charge in [0.1, 0.15) is 5.75 Å². The number of hydrogen-bond acceptors (Lipinski definition) is 3. The van der Waals surface area contributed by atoms with Gasteiger partial charge in [-0.2, -0.15) is 0 Å². The van der Waals surface area contributed by atoms with Crippen LogP contribution in [-0.2, 0) is 6.42 Å². The Morgan fingerprint density at radius 2 is 2.08 bits per heavy atom. The summed E-state index contributed by atoms with van der Waals surface area (Å²) in [7, 11) is 0. The van der Waals surface area contributed by atoms with Crippen molar-refractivity contribution in [1.29, 1.82) is 0 Å². The lowest BCUT2D eigenvalue weighted by Gasteiger charge is -2.01. The highest BCUT2D eigenvalue weighted by atomic mass is 16.4. The van der Waals surface area contributed by atoms with E-state index in [9.17, 15) is 5.11 Å². The SMILES string of the molecule is C/C(Cc1ccccc1O)=N/O. The first-order valence-corrected chi connectivity index (χ1v) is 3.68. The molecule has 0 saturated carbocycles. The lowest BCUT2D eigenvalue weighted by atomic mass is 10.1. The number of benzene rings is 1. The van der Waals surface area contributed by atoms with Crippen LogP contribution >= 0.6 is 0 Å². The van der Waals surface area contributed by atoms with E-state index in [1.54, 1.807) is 25.1 Å². The van der Waals surface area contributed by atoms with Crippen molar-refractivity contribution in [1.82, 2.24) is 0 Å². The molecule has 0 spiro atoms. The van der Waals surface area contributed by atoms with Gasteiger partial charge in [-0.3, -0.25) is 0 Å². The van der Waals surface area contributed by atoms with E-state index in [1.165, 1.54) is 0 Å². The van der Waals surface area contributed by atoms with E-state index >= 15 is 0 Å². The van der Waals surface area contributed by atoms with E-state index in [-0.39, 0.29) is 5.75 Å². The van der Waals surface area contributed by atoms with Gasteiger partial charge in [0.2, 0.25) is 0 Å². The average Bonchev–Trinajstić information content (AvgIpc) is 2.09. The van der Waals surface area contributed by atoms with Crippen molar-refractivity contribution in [2.24, 2.45) is 5.16 Å². The van der Waals surface area contributed by atoms with E-state index in [0.29, 0.717) is 12.1 Å². The van der Waals surface area contributed by atoms with Gasteiger partial charge in [0.25, 0.3) is 0 Å². The zero-order valence-corrected chi connectivity index (χ0v) is 6.86. The smallest absolute Gasteiger partial charge is 0.119 e. The van der Waals surface area contributed by atoms with E-state index in [4.69, 9.17) is 5.21 Å². The number of phenols is 1. The molecule has 3 nitrogen and oxygen atoms in total. The van der Waals surface area contributed by atoms with E-state index in [2.05, 4.69) is 5.16 Å². The predicted molar refractivity (Wildman–Crippen MR) is 46.7 cm³/mol. The molecule has 0 aliphatic heterocycles. The molecular weight excluding hydrogens is 154 g/mol. The summed E-state index contributed by atoms with van der Waals surface area (Å²) in [5.41, 5.74) is 1.35. The van der Waals surface area contributed by atoms with Crippen LogP contribution in [0.4, 0.5) is 0 Å². The van der Waals surface area contributed by atoms with Gasteiger partial charge in [-0.25, -0.2) is 0 Å². The Bertz CT molecular complexity index is 294. The monoisotopic (exact) mass is 165 g/mol. The van der Waals surface area contributed by atoms with Crippen molar-refractivity contribution in [3.05, 3.63) is 29.8 Å². The summed E-state index contributed by atoms with van der Waals surface area (Å²) < 4.78 is 0. The van der Waals surface area contributed by atoms with Crippen LogP contribution in [0.5, 0.6) is 5.75 Å². The quantitative estimate of drug-likeness (QED) is 0.398. The predicted octanol–water partition coefficient (Wildman–Crippen LogP) is 1.78. The van der Waals surface area contributed by atoms with Crippen LogP contribution in [0.2, 0.25) is 0 Å². The van der Waals surface area contributed by atoms with Crippen LogP contribution in [0.1, 0.15) is 12.5 Å². The second-order valence-electron chi connectivity index (χ2n) is 2.64. The Morgan fingerprint density at radius 1 is 1.42 bits per heavy atom. The van der Waals surface area contributed by atoms with Gasteiger partial charge >= 0.3 is 0 Å². The third-order valence-electron chi connectivity index (χ3n) is 1.61. The number of phenolic OH excluding ortho intramolecular Hbond substituents is 1. The molecule has 0 heterocycles. The largest absolute Gasteiger partial charge is 0.508 e. The number of para-hydroxylation sites is 1. The molecule has 0 unspecified atom stereocenters. The molecule has 3 heteroatoms. The molecule has 0 aliphatic rings. The molecule has 0 aromatic heterocycles. The highest BCUT2D eigenvalue weighted by Crippen LogP contribution is 2.16. The summed E-state index contributed by atoms with van der Waals surface area (Å²) in [4.78, 5) is 0. The maximum atomic E-state index is 9.32. The summed E-state index contributed by atoms with van der Waals surface area (Å²) in [5, 5.41) is 20.7. The van der Waals surface area contributed by atoms with Crippen molar-refractivity contribution >= 4 is 5.71 Å². The van der Waals surface area contributed by atoms with Crippen molar-refractivity contribution in [3.63, 3.8) is 0 Å². The van der Waals surface area contributed by atoms with Crippen LogP contribution in [0, 0.1) is 0 Å². The van der Waals surface area contributed by atoms with E-state index in [0.717, 1.165) is 5.56 Å². The minimum atomic E-state index is 0.237. The van der Waals surface area contributed by atoms with Gasteiger partial charge < -0.3 is 10.3 Å². The van der Waals surface area contributed by atoms with Crippen LogP contribution in [-0.4, -0.2) is 16.0 Å².